The third-order valence-electron chi connectivity index (χ3n) is 6.40. The van der Waals surface area contributed by atoms with Gasteiger partial charge in [-0.25, -0.2) is 8.42 Å². The third kappa shape index (κ3) is 8.71. The lowest BCUT2D eigenvalue weighted by Crippen LogP contribution is -2.51. The summed E-state index contributed by atoms with van der Waals surface area (Å²) in [7, 11) is -4.19. The zero-order chi connectivity index (χ0) is 30.2. The minimum Gasteiger partial charge on any atom is -0.494 e. The van der Waals surface area contributed by atoms with Crippen LogP contribution in [0.3, 0.4) is 0 Å². The molecule has 0 saturated heterocycles. The normalized spacial score (nSPS) is 12.1. The number of benzene rings is 3. The van der Waals surface area contributed by atoms with Gasteiger partial charge in [-0.2, -0.15) is 0 Å². The number of hydrogen-bond acceptors (Lipinski definition) is 5. The molecule has 0 aromatic heterocycles. The molecule has 3 aromatic carbocycles. The second-order valence-corrected chi connectivity index (χ2v) is 12.5. The number of nitrogens with one attached hydrogen (secondary N) is 1. The maximum atomic E-state index is 14.0. The van der Waals surface area contributed by atoms with E-state index in [2.05, 4.69) is 5.32 Å². The number of sulfonamides is 1. The van der Waals surface area contributed by atoms with Gasteiger partial charge in [-0.3, -0.25) is 13.9 Å². The maximum Gasteiger partial charge on any atom is 0.264 e. The lowest BCUT2D eigenvalue weighted by atomic mass is 10.1. The van der Waals surface area contributed by atoms with Crippen molar-refractivity contribution in [2.24, 2.45) is 5.92 Å². The lowest BCUT2D eigenvalue weighted by Gasteiger charge is -2.32. The number of carbonyl (C=O) groups is 2. The molecule has 0 aliphatic rings. The molecule has 0 unspecified atom stereocenters. The fourth-order valence-electron chi connectivity index (χ4n) is 4.18. The van der Waals surface area contributed by atoms with Gasteiger partial charge in [-0.15, -0.1) is 0 Å². The van der Waals surface area contributed by atoms with E-state index < -0.39 is 28.5 Å². The molecule has 0 aliphatic carbocycles. The van der Waals surface area contributed by atoms with Crippen molar-refractivity contribution in [3.63, 3.8) is 0 Å². The summed E-state index contributed by atoms with van der Waals surface area (Å²) < 4.78 is 34.4. The zero-order valence-corrected chi connectivity index (χ0v) is 25.7. The van der Waals surface area contributed by atoms with Gasteiger partial charge in [0.2, 0.25) is 11.8 Å². The van der Waals surface area contributed by atoms with Crippen LogP contribution in [0.25, 0.3) is 0 Å². The van der Waals surface area contributed by atoms with E-state index in [1.54, 1.807) is 31.2 Å². The zero-order valence-electron chi connectivity index (χ0n) is 24.1. The van der Waals surface area contributed by atoms with Gasteiger partial charge < -0.3 is 15.0 Å². The van der Waals surface area contributed by atoms with Crippen molar-refractivity contribution in [1.29, 1.82) is 0 Å². The number of amides is 2. The highest BCUT2D eigenvalue weighted by Crippen LogP contribution is 2.27. The smallest absolute Gasteiger partial charge is 0.264 e. The van der Waals surface area contributed by atoms with Gasteiger partial charge in [-0.05, 0) is 80.8 Å². The average molecular weight is 600 g/mol. The van der Waals surface area contributed by atoms with Crippen LogP contribution >= 0.6 is 11.6 Å². The number of hydrogen-bond donors (Lipinski definition) is 1. The van der Waals surface area contributed by atoms with Gasteiger partial charge in [0.1, 0.15) is 18.3 Å². The molecular weight excluding hydrogens is 562 g/mol. The van der Waals surface area contributed by atoms with Crippen LogP contribution in [-0.2, 0) is 26.2 Å². The van der Waals surface area contributed by atoms with Gasteiger partial charge in [-0.1, -0.05) is 55.3 Å². The molecule has 0 saturated carbocycles. The highest BCUT2D eigenvalue weighted by Gasteiger charge is 2.32. The highest BCUT2D eigenvalue weighted by atomic mass is 35.5. The molecule has 1 N–H and O–H groups in total. The largest absolute Gasteiger partial charge is 0.494 e. The second-order valence-electron chi connectivity index (χ2n) is 10.2. The molecule has 0 radical (unpaired) electrons. The molecule has 0 bridgehead atoms. The standard InChI is InChI=1S/C31H38ClN3O5S/c1-6-40-28-14-12-27(13-15-28)35(41(38,39)29-16-10-26(32)11-17-29)21-30(36)34(20-25-9-7-8-23(4)18-25)24(5)31(37)33-19-22(2)3/h7-18,22,24H,6,19-21H2,1-5H3,(H,33,37)/t24-/m0/s1. The first-order chi connectivity index (χ1) is 19.4. The van der Waals surface area contributed by atoms with Crippen LogP contribution in [0.4, 0.5) is 5.69 Å². The van der Waals surface area contributed by atoms with Crippen molar-refractivity contribution in [2.75, 3.05) is 24.0 Å². The Balaban J connectivity index is 2.02. The topological polar surface area (TPSA) is 96.0 Å². The lowest BCUT2D eigenvalue weighted by molar-refractivity contribution is -0.139. The van der Waals surface area contributed by atoms with Crippen LogP contribution in [0, 0.1) is 12.8 Å². The average Bonchev–Trinajstić information content (AvgIpc) is 2.93. The summed E-state index contributed by atoms with van der Waals surface area (Å²) in [5.74, 6) is -0.0345. The minimum atomic E-state index is -4.19. The van der Waals surface area contributed by atoms with Crippen LogP contribution in [-0.4, -0.2) is 50.9 Å². The van der Waals surface area contributed by atoms with E-state index >= 15 is 0 Å². The van der Waals surface area contributed by atoms with Crippen LogP contribution in [0.1, 0.15) is 38.8 Å². The number of rotatable bonds is 13. The van der Waals surface area contributed by atoms with E-state index in [-0.39, 0.29) is 29.0 Å². The number of ether oxygens (including phenoxy) is 1. The van der Waals surface area contributed by atoms with Crippen LogP contribution in [0.5, 0.6) is 5.75 Å². The molecule has 220 valence electrons. The summed E-state index contributed by atoms with van der Waals surface area (Å²) >= 11 is 6.01. The quantitative estimate of drug-likeness (QED) is 0.283. The van der Waals surface area contributed by atoms with Gasteiger partial charge in [0.15, 0.2) is 0 Å². The van der Waals surface area contributed by atoms with E-state index in [1.165, 1.54) is 29.2 Å². The van der Waals surface area contributed by atoms with E-state index in [4.69, 9.17) is 16.3 Å². The molecule has 2 amide bonds. The number of carbonyl (C=O) groups excluding carboxylic acids is 2. The SMILES string of the molecule is CCOc1ccc(N(CC(=O)N(Cc2cccc(C)c2)[C@@H](C)C(=O)NCC(C)C)S(=O)(=O)c2ccc(Cl)cc2)cc1. The highest BCUT2D eigenvalue weighted by molar-refractivity contribution is 7.92. The fourth-order valence-corrected chi connectivity index (χ4v) is 5.72. The van der Waals surface area contributed by atoms with Crippen LogP contribution in [0.15, 0.2) is 77.7 Å². The van der Waals surface area contributed by atoms with E-state index in [1.807, 2.05) is 52.0 Å². The molecule has 41 heavy (non-hydrogen) atoms. The number of nitrogens with zero attached hydrogens (tertiary/aromatic N) is 2. The monoisotopic (exact) mass is 599 g/mol. The predicted octanol–water partition coefficient (Wildman–Crippen LogP) is 5.43. The summed E-state index contributed by atoms with van der Waals surface area (Å²) in [6.07, 6.45) is 0. The Morgan fingerprint density at radius 2 is 1.63 bits per heavy atom. The first-order valence-electron chi connectivity index (χ1n) is 13.6. The Morgan fingerprint density at radius 3 is 2.22 bits per heavy atom. The third-order valence-corrected chi connectivity index (χ3v) is 8.44. The summed E-state index contributed by atoms with van der Waals surface area (Å²) in [5, 5.41) is 3.28. The fraction of sp³-hybridized carbons (Fsp3) is 0.355. The first kappa shape index (κ1) is 32.0. The summed E-state index contributed by atoms with van der Waals surface area (Å²) in [4.78, 5) is 28.5. The van der Waals surface area contributed by atoms with Crippen molar-refractivity contribution < 1.29 is 22.7 Å². The number of aryl methyl sites for hydroxylation is 1. The molecular formula is C31H38ClN3O5S. The Morgan fingerprint density at radius 1 is 0.976 bits per heavy atom. The predicted molar refractivity (Wildman–Crippen MR) is 163 cm³/mol. The Kier molecular flexibility index (Phi) is 11.2. The molecule has 1 atom stereocenters. The van der Waals surface area contributed by atoms with Gasteiger partial charge in [0, 0.05) is 18.1 Å². The Bertz CT molecular complexity index is 1430. The van der Waals surface area contributed by atoms with Gasteiger partial charge >= 0.3 is 0 Å². The van der Waals surface area contributed by atoms with Crippen LogP contribution in [0.2, 0.25) is 5.02 Å². The first-order valence-corrected chi connectivity index (χ1v) is 15.4. The second kappa shape index (κ2) is 14.4. The molecule has 8 nitrogen and oxygen atoms in total. The molecule has 3 rings (SSSR count). The summed E-state index contributed by atoms with van der Waals surface area (Å²) in [6.45, 7) is 9.94. The van der Waals surface area contributed by atoms with Crippen LogP contribution < -0.4 is 14.4 Å². The Labute approximate surface area is 248 Å². The molecule has 0 spiro atoms. The number of halogens is 1. The molecule has 3 aromatic rings. The van der Waals surface area contributed by atoms with Crippen molar-refractivity contribution >= 4 is 39.1 Å². The minimum absolute atomic E-state index is 0.0171. The van der Waals surface area contributed by atoms with Crippen molar-refractivity contribution in [2.45, 2.75) is 52.1 Å². The van der Waals surface area contributed by atoms with E-state index in [0.29, 0.717) is 23.9 Å². The van der Waals surface area contributed by atoms with Gasteiger partial charge in [0.25, 0.3) is 10.0 Å². The molecule has 0 fully saturated rings. The molecule has 10 heteroatoms. The van der Waals surface area contributed by atoms with Crippen molar-refractivity contribution in [1.82, 2.24) is 10.2 Å². The Hall–Kier alpha value is -3.56. The molecule has 0 aliphatic heterocycles. The van der Waals surface area contributed by atoms with Crippen molar-refractivity contribution in [3.05, 3.63) is 88.9 Å². The summed E-state index contributed by atoms with van der Waals surface area (Å²) in [5.41, 5.74) is 2.12. The number of anilines is 1. The van der Waals surface area contributed by atoms with Crippen molar-refractivity contribution in [3.8, 4) is 5.75 Å². The maximum absolute atomic E-state index is 14.0. The van der Waals surface area contributed by atoms with E-state index in [0.717, 1.165) is 15.4 Å². The molecule has 0 heterocycles. The van der Waals surface area contributed by atoms with E-state index in [9.17, 15) is 18.0 Å². The summed E-state index contributed by atoms with van der Waals surface area (Å²) in [6, 6.07) is 19.1. The van der Waals surface area contributed by atoms with Gasteiger partial charge in [0.05, 0.1) is 17.2 Å².